The zero-order valence-electron chi connectivity index (χ0n) is 13.3. The molecule has 118 valence electrons. The van der Waals surface area contributed by atoms with Crippen LogP contribution in [0.1, 0.15) is 46.2 Å². The highest BCUT2D eigenvalue weighted by Gasteiger charge is 2.38. The van der Waals surface area contributed by atoms with Gasteiger partial charge in [-0.05, 0) is 39.7 Å². The van der Waals surface area contributed by atoms with E-state index in [-0.39, 0.29) is 12.1 Å². The molecule has 1 fully saturated rings. The zero-order chi connectivity index (χ0) is 15.5. The van der Waals surface area contributed by atoms with Crippen LogP contribution < -0.4 is 10.6 Å². The highest BCUT2D eigenvalue weighted by atomic mass is 16.6. The van der Waals surface area contributed by atoms with Crippen LogP contribution in [0, 0.1) is 0 Å². The van der Waals surface area contributed by atoms with Crippen LogP contribution in [0.15, 0.2) is 12.3 Å². The molecule has 21 heavy (non-hydrogen) atoms. The van der Waals surface area contributed by atoms with Crippen LogP contribution in [0.25, 0.3) is 0 Å². The third-order valence-electron chi connectivity index (χ3n) is 3.28. The lowest BCUT2D eigenvalue weighted by molar-refractivity contribution is 0.0522. The molecule has 6 nitrogen and oxygen atoms in total. The lowest BCUT2D eigenvalue weighted by atomic mass is 10.2. The van der Waals surface area contributed by atoms with Gasteiger partial charge in [-0.3, -0.25) is 4.68 Å². The van der Waals surface area contributed by atoms with Gasteiger partial charge in [-0.1, -0.05) is 6.92 Å². The number of carbonyl (C=O) groups excluding carboxylic acids is 1. The average Bonchev–Trinajstić information content (AvgIpc) is 2.92. The van der Waals surface area contributed by atoms with Crippen LogP contribution in [-0.4, -0.2) is 33.6 Å². The molecule has 2 N–H and O–H groups in total. The van der Waals surface area contributed by atoms with E-state index in [0.717, 1.165) is 25.9 Å². The van der Waals surface area contributed by atoms with Gasteiger partial charge in [-0.2, -0.15) is 5.10 Å². The van der Waals surface area contributed by atoms with Crippen LogP contribution in [0.3, 0.4) is 0 Å². The first kappa shape index (κ1) is 15.8. The second kappa shape index (κ2) is 6.47. The minimum absolute atomic E-state index is 0.169. The number of amides is 1. The summed E-state index contributed by atoms with van der Waals surface area (Å²) in [6.07, 6.45) is 3.51. The SMILES string of the molecule is CCCn1nccc1CNC1CC1NC(=O)OC(C)(C)C. The van der Waals surface area contributed by atoms with Crippen molar-refractivity contribution in [1.82, 2.24) is 20.4 Å². The van der Waals surface area contributed by atoms with Gasteiger partial charge in [-0.25, -0.2) is 4.79 Å². The Morgan fingerprint density at radius 2 is 2.24 bits per heavy atom. The van der Waals surface area contributed by atoms with E-state index in [0.29, 0.717) is 6.04 Å². The highest BCUT2D eigenvalue weighted by Crippen LogP contribution is 2.22. The zero-order valence-corrected chi connectivity index (χ0v) is 13.3. The average molecular weight is 294 g/mol. The Kier molecular flexibility index (Phi) is 4.88. The maximum absolute atomic E-state index is 11.7. The van der Waals surface area contributed by atoms with Crippen molar-refractivity contribution in [1.29, 1.82) is 0 Å². The van der Waals surface area contributed by atoms with E-state index < -0.39 is 5.60 Å². The number of ether oxygens (including phenoxy) is 1. The van der Waals surface area contributed by atoms with Gasteiger partial charge in [-0.15, -0.1) is 0 Å². The number of nitrogens with one attached hydrogen (secondary N) is 2. The number of aromatic nitrogens is 2. The van der Waals surface area contributed by atoms with E-state index in [1.54, 1.807) is 0 Å². The normalized spacial score (nSPS) is 21.1. The van der Waals surface area contributed by atoms with Crippen LogP contribution in [0.5, 0.6) is 0 Å². The first-order valence-corrected chi connectivity index (χ1v) is 7.62. The van der Waals surface area contributed by atoms with E-state index in [2.05, 4.69) is 22.7 Å². The third-order valence-corrected chi connectivity index (χ3v) is 3.28. The molecule has 0 saturated heterocycles. The molecule has 1 aromatic heterocycles. The fourth-order valence-electron chi connectivity index (χ4n) is 2.20. The molecule has 1 amide bonds. The summed E-state index contributed by atoms with van der Waals surface area (Å²) in [4.78, 5) is 11.7. The molecule has 1 heterocycles. The van der Waals surface area contributed by atoms with Gasteiger partial charge in [0.05, 0.1) is 5.69 Å². The number of alkyl carbamates (subject to hydrolysis) is 1. The van der Waals surface area contributed by atoms with Gasteiger partial charge < -0.3 is 15.4 Å². The largest absolute Gasteiger partial charge is 0.444 e. The first-order chi connectivity index (χ1) is 9.89. The van der Waals surface area contributed by atoms with Crippen molar-refractivity contribution >= 4 is 6.09 Å². The molecule has 1 saturated carbocycles. The van der Waals surface area contributed by atoms with Crippen molar-refractivity contribution in [3.8, 4) is 0 Å². The summed E-state index contributed by atoms with van der Waals surface area (Å²) < 4.78 is 7.27. The molecule has 2 atom stereocenters. The fourth-order valence-corrected chi connectivity index (χ4v) is 2.20. The Bertz CT molecular complexity index is 478. The molecule has 2 unspecified atom stereocenters. The minimum Gasteiger partial charge on any atom is -0.444 e. The third kappa shape index (κ3) is 5.04. The lowest BCUT2D eigenvalue weighted by Gasteiger charge is -2.19. The molecule has 2 rings (SSSR count). The Balaban J connectivity index is 1.70. The standard InChI is InChI=1S/C15H26N4O2/c1-5-8-19-11(6-7-17-19)10-16-12-9-13(12)18-14(20)21-15(2,3)4/h6-7,12-13,16H,5,8-10H2,1-4H3,(H,18,20). The summed E-state index contributed by atoms with van der Waals surface area (Å²) in [6, 6.07) is 2.52. The van der Waals surface area contributed by atoms with Gasteiger partial charge in [0.2, 0.25) is 0 Å². The fraction of sp³-hybridized carbons (Fsp3) is 0.733. The van der Waals surface area contributed by atoms with Crippen molar-refractivity contribution in [2.75, 3.05) is 0 Å². The Morgan fingerprint density at radius 3 is 2.90 bits per heavy atom. The summed E-state index contributed by atoms with van der Waals surface area (Å²) >= 11 is 0. The molecule has 1 aromatic rings. The Hall–Kier alpha value is -1.56. The Morgan fingerprint density at radius 1 is 1.48 bits per heavy atom. The predicted molar refractivity (Wildman–Crippen MR) is 80.9 cm³/mol. The minimum atomic E-state index is -0.450. The predicted octanol–water partition coefficient (Wildman–Crippen LogP) is 2.05. The quantitative estimate of drug-likeness (QED) is 0.842. The number of hydrogen-bond donors (Lipinski definition) is 2. The van der Waals surface area contributed by atoms with Crippen molar-refractivity contribution in [2.24, 2.45) is 0 Å². The van der Waals surface area contributed by atoms with Crippen molar-refractivity contribution < 1.29 is 9.53 Å². The van der Waals surface area contributed by atoms with E-state index >= 15 is 0 Å². The van der Waals surface area contributed by atoms with Crippen molar-refractivity contribution in [3.63, 3.8) is 0 Å². The van der Waals surface area contributed by atoms with E-state index in [1.165, 1.54) is 5.69 Å². The molecule has 1 aliphatic rings. The molecule has 0 aromatic carbocycles. The van der Waals surface area contributed by atoms with E-state index in [1.807, 2.05) is 37.7 Å². The van der Waals surface area contributed by atoms with Gasteiger partial charge in [0.15, 0.2) is 0 Å². The second-order valence-electron chi connectivity index (χ2n) is 6.52. The lowest BCUT2D eigenvalue weighted by Crippen LogP contribution is -2.36. The topological polar surface area (TPSA) is 68.2 Å². The summed E-state index contributed by atoms with van der Waals surface area (Å²) in [5.41, 5.74) is 0.730. The van der Waals surface area contributed by atoms with E-state index in [4.69, 9.17) is 4.74 Å². The molecular formula is C15H26N4O2. The Labute approximate surface area is 126 Å². The molecule has 1 aliphatic carbocycles. The highest BCUT2D eigenvalue weighted by molar-refractivity contribution is 5.68. The van der Waals surface area contributed by atoms with Crippen LogP contribution in [0.4, 0.5) is 4.79 Å². The number of carbonyl (C=O) groups is 1. The molecule has 0 aliphatic heterocycles. The van der Waals surface area contributed by atoms with Crippen LogP contribution >= 0.6 is 0 Å². The smallest absolute Gasteiger partial charge is 0.407 e. The summed E-state index contributed by atoms with van der Waals surface area (Å²) in [5, 5.41) is 10.6. The summed E-state index contributed by atoms with van der Waals surface area (Å²) in [5.74, 6) is 0. The van der Waals surface area contributed by atoms with E-state index in [9.17, 15) is 4.79 Å². The maximum atomic E-state index is 11.7. The molecule has 0 bridgehead atoms. The number of rotatable bonds is 6. The van der Waals surface area contributed by atoms with Gasteiger partial charge in [0.1, 0.15) is 5.60 Å². The first-order valence-electron chi connectivity index (χ1n) is 7.62. The van der Waals surface area contributed by atoms with Crippen LogP contribution in [-0.2, 0) is 17.8 Å². The molecule has 6 heteroatoms. The number of hydrogen-bond acceptors (Lipinski definition) is 4. The molecule has 0 radical (unpaired) electrons. The van der Waals surface area contributed by atoms with Crippen LogP contribution in [0.2, 0.25) is 0 Å². The molecular weight excluding hydrogens is 268 g/mol. The number of aryl methyl sites for hydroxylation is 1. The monoisotopic (exact) mass is 294 g/mol. The van der Waals surface area contributed by atoms with Crippen molar-refractivity contribution in [3.05, 3.63) is 18.0 Å². The summed E-state index contributed by atoms with van der Waals surface area (Å²) in [6.45, 7) is 9.45. The summed E-state index contributed by atoms with van der Waals surface area (Å²) in [7, 11) is 0. The van der Waals surface area contributed by atoms with Gasteiger partial charge >= 0.3 is 6.09 Å². The van der Waals surface area contributed by atoms with Gasteiger partial charge in [0, 0.05) is 31.4 Å². The van der Waals surface area contributed by atoms with Crippen molar-refractivity contribution in [2.45, 2.75) is 71.3 Å². The maximum Gasteiger partial charge on any atom is 0.407 e. The second-order valence-corrected chi connectivity index (χ2v) is 6.52. The number of nitrogens with zero attached hydrogens (tertiary/aromatic N) is 2. The molecule has 0 spiro atoms. The van der Waals surface area contributed by atoms with Gasteiger partial charge in [0.25, 0.3) is 0 Å².